The summed E-state index contributed by atoms with van der Waals surface area (Å²) in [6.07, 6.45) is 1.65. The molecule has 3 aromatic carbocycles. The summed E-state index contributed by atoms with van der Waals surface area (Å²) in [6.45, 7) is 3.06. The molecule has 0 atom stereocenters. The van der Waals surface area contributed by atoms with Gasteiger partial charge in [-0.1, -0.05) is 29.8 Å². The van der Waals surface area contributed by atoms with Gasteiger partial charge < -0.3 is 24.4 Å². The summed E-state index contributed by atoms with van der Waals surface area (Å²) < 4.78 is 35.2. The van der Waals surface area contributed by atoms with Gasteiger partial charge in [0.15, 0.2) is 23.0 Å². The molecule has 0 bridgehead atoms. The largest absolute Gasteiger partial charge is 0.493 e. The number of nitrogens with one attached hydrogen (secondary N) is 1. The summed E-state index contributed by atoms with van der Waals surface area (Å²) in [5, 5.41) is 4.66. The van der Waals surface area contributed by atoms with Gasteiger partial charge in [0.1, 0.15) is 12.4 Å². The number of hydrogen-bond acceptors (Lipinski definition) is 6. The predicted molar refractivity (Wildman–Crippen MR) is 127 cm³/mol. The molecule has 0 unspecified atom stereocenters. The van der Waals surface area contributed by atoms with Crippen molar-refractivity contribution in [2.45, 2.75) is 20.1 Å². The standard InChI is InChI=1S/C25H26ClFN2O4/c1-4-32-24-13-19(11-21(26)25(24)33-16-17-5-8-20(27)9-6-17)15-29-28-14-18-7-10-22(30-2)23(12-18)31-3/h5-13,15,28H,4,14,16H2,1-3H3/b29-15-. The van der Waals surface area contributed by atoms with Crippen LogP contribution in [0.4, 0.5) is 4.39 Å². The minimum atomic E-state index is -0.296. The van der Waals surface area contributed by atoms with Crippen molar-refractivity contribution in [1.29, 1.82) is 0 Å². The van der Waals surface area contributed by atoms with Crippen molar-refractivity contribution in [3.05, 3.63) is 82.1 Å². The topological polar surface area (TPSA) is 61.3 Å². The summed E-state index contributed by atoms with van der Waals surface area (Å²) in [7, 11) is 3.20. The Morgan fingerprint density at radius 2 is 1.64 bits per heavy atom. The van der Waals surface area contributed by atoms with E-state index in [0.29, 0.717) is 41.2 Å². The van der Waals surface area contributed by atoms with Gasteiger partial charge in [0.25, 0.3) is 0 Å². The minimum Gasteiger partial charge on any atom is -0.493 e. The van der Waals surface area contributed by atoms with Crippen LogP contribution in [-0.2, 0) is 13.2 Å². The molecular formula is C25H26ClFN2O4. The Morgan fingerprint density at radius 1 is 0.909 bits per heavy atom. The van der Waals surface area contributed by atoms with Gasteiger partial charge in [0.2, 0.25) is 0 Å². The van der Waals surface area contributed by atoms with E-state index in [9.17, 15) is 4.39 Å². The number of benzene rings is 3. The molecule has 0 aromatic heterocycles. The Bertz CT molecular complexity index is 1090. The van der Waals surface area contributed by atoms with Crippen LogP contribution < -0.4 is 24.4 Å². The molecule has 1 N–H and O–H groups in total. The van der Waals surface area contributed by atoms with Crippen LogP contribution >= 0.6 is 11.6 Å². The predicted octanol–water partition coefficient (Wildman–Crippen LogP) is 5.60. The van der Waals surface area contributed by atoms with Crippen molar-refractivity contribution in [1.82, 2.24) is 5.43 Å². The third kappa shape index (κ3) is 6.76. The average Bonchev–Trinajstić information content (AvgIpc) is 2.82. The fraction of sp³-hybridized carbons (Fsp3) is 0.240. The van der Waals surface area contributed by atoms with E-state index in [-0.39, 0.29) is 12.4 Å². The van der Waals surface area contributed by atoms with Crippen molar-refractivity contribution >= 4 is 17.8 Å². The second-order valence-electron chi connectivity index (χ2n) is 6.96. The Hall–Kier alpha value is -3.45. The third-order valence-electron chi connectivity index (χ3n) is 4.66. The lowest BCUT2D eigenvalue weighted by molar-refractivity contribution is 0.269. The van der Waals surface area contributed by atoms with Crippen molar-refractivity contribution in [2.75, 3.05) is 20.8 Å². The number of halogens is 2. The van der Waals surface area contributed by atoms with Crippen LogP contribution in [0.1, 0.15) is 23.6 Å². The molecule has 3 rings (SSSR count). The Kier molecular flexibility index (Phi) is 8.78. The lowest BCUT2D eigenvalue weighted by Crippen LogP contribution is -2.06. The Balaban J connectivity index is 1.66. The molecule has 174 valence electrons. The van der Waals surface area contributed by atoms with Gasteiger partial charge in [-0.05, 0) is 60.0 Å². The first kappa shape index (κ1) is 24.2. The first-order valence-electron chi connectivity index (χ1n) is 10.3. The van der Waals surface area contributed by atoms with Crippen LogP contribution in [0.5, 0.6) is 23.0 Å². The molecule has 0 aliphatic heterocycles. The number of rotatable bonds is 11. The lowest BCUT2D eigenvalue weighted by Gasteiger charge is -2.14. The minimum absolute atomic E-state index is 0.236. The quantitative estimate of drug-likeness (QED) is 0.291. The molecule has 0 saturated carbocycles. The number of methoxy groups -OCH3 is 2. The summed E-state index contributed by atoms with van der Waals surface area (Å²) >= 11 is 6.46. The zero-order valence-electron chi connectivity index (χ0n) is 18.7. The van der Waals surface area contributed by atoms with Gasteiger partial charge in [-0.2, -0.15) is 5.10 Å². The second-order valence-corrected chi connectivity index (χ2v) is 7.37. The summed E-state index contributed by atoms with van der Waals surface area (Å²) in [4.78, 5) is 0. The van der Waals surface area contributed by atoms with Crippen LogP contribution in [0.3, 0.4) is 0 Å². The molecule has 0 fully saturated rings. The van der Waals surface area contributed by atoms with E-state index in [1.165, 1.54) is 12.1 Å². The summed E-state index contributed by atoms with van der Waals surface area (Å²) in [6, 6.07) is 15.3. The number of hydrazone groups is 1. The SMILES string of the molecule is CCOc1cc(/C=N\NCc2ccc(OC)c(OC)c2)cc(Cl)c1OCc1ccc(F)cc1. The second kappa shape index (κ2) is 12.0. The van der Waals surface area contributed by atoms with E-state index in [2.05, 4.69) is 10.5 Å². The van der Waals surface area contributed by atoms with Crippen LogP contribution in [-0.4, -0.2) is 27.0 Å². The maximum absolute atomic E-state index is 13.1. The molecule has 0 aliphatic rings. The fourth-order valence-electron chi connectivity index (χ4n) is 3.05. The van der Waals surface area contributed by atoms with Crippen molar-refractivity contribution in [3.8, 4) is 23.0 Å². The Morgan fingerprint density at radius 3 is 2.33 bits per heavy atom. The van der Waals surface area contributed by atoms with E-state index < -0.39 is 0 Å². The molecule has 0 aliphatic carbocycles. The maximum atomic E-state index is 13.1. The van der Waals surface area contributed by atoms with Crippen LogP contribution in [0, 0.1) is 5.82 Å². The average molecular weight is 473 g/mol. The zero-order valence-corrected chi connectivity index (χ0v) is 19.5. The highest BCUT2D eigenvalue weighted by atomic mass is 35.5. The molecule has 8 heteroatoms. The van der Waals surface area contributed by atoms with Gasteiger partial charge in [0.05, 0.1) is 38.6 Å². The molecule has 0 amide bonds. The van der Waals surface area contributed by atoms with Gasteiger partial charge >= 0.3 is 0 Å². The molecule has 0 radical (unpaired) electrons. The number of nitrogens with zero attached hydrogens (tertiary/aromatic N) is 1. The molecule has 0 heterocycles. The zero-order chi connectivity index (χ0) is 23.6. The van der Waals surface area contributed by atoms with Gasteiger partial charge in [-0.25, -0.2) is 4.39 Å². The number of hydrogen-bond donors (Lipinski definition) is 1. The van der Waals surface area contributed by atoms with E-state index in [1.54, 1.807) is 44.7 Å². The molecule has 0 spiro atoms. The van der Waals surface area contributed by atoms with Crippen molar-refractivity contribution in [3.63, 3.8) is 0 Å². The van der Waals surface area contributed by atoms with Gasteiger partial charge in [0, 0.05) is 0 Å². The van der Waals surface area contributed by atoms with Crippen LogP contribution in [0.2, 0.25) is 5.02 Å². The third-order valence-corrected chi connectivity index (χ3v) is 4.94. The highest BCUT2D eigenvalue weighted by Crippen LogP contribution is 2.37. The van der Waals surface area contributed by atoms with E-state index in [1.807, 2.05) is 25.1 Å². The highest BCUT2D eigenvalue weighted by Gasteiger charge is 2.13. The molecule has 0 saturated heterocycles. The summed E-state index contributed by atoms with van der Waals surface area (Å²) in [5.74, 6) is 1.97. The van der Waals surface area contributed by atoms with E-state index in [0.717, 1.165) is 16.7 Å². The highest BCUT2D eigenvalue weighted by molar-refractivity contribution is 6.32. The Labute approximate surface area is 197 Å². The fourth-order valence-corrected chi connectivity index (χ4v) is 3.32. The van der Waals surface area contributed by atoms with Crippen molar-refractivity contribution < 1.29 is 23.3 Å². The van der Waals surface area contributed by atoms with E-state index in [4.69, 9.17) is 30.5 Å². The van der Waals surface area contributed by atoms with Crippen LogP contribution in [0.25, 0.3) is 0 Å². The smallest absolute Gasteiger partial charge is 0.180 e. The molecular weight excluding hydrogens is 447 g/mol. The van der Waals surface area contributed by atoms with E-state index >= 15 is 0 Å². The number of ether oxygens (including phenoxy) is 4. The first-order chi connectivity index (χ1) is 16.0. The molecule has 6 nitrogen and oxygen atoms in total. The van der Waals surface area contributed by atoms with Gasteiger partial charge in [-0.15, -0.1) is 0 Å². The molecule has 3 aromatic rings. The maximum Gasteiger partial charge on any atom is 0.180 e. The van der Waals surface area contributed by atoms with Gasteiger partial charge in [-0.3, -0.25) is 0 Å². The van der Waals surface area contributed by atoms with Crippen molar-refractivity contribution in [2.24, 2.45) is 5.10 Å². The molecule has 33 heavy (non-hydrogen) atoms. The summed E-state index contributed by atoms with van der Waals surface area (Å²) in [5.41, 5.74) is 5.56. The first-order valence-corrected chi connectivity index (χ1v) is 10.7. The van der Waals surface area contributed by atoms with Crippen LogP contribution in [0.15, 0.2) is 59.7 Å². The normalized spacial score (nSPS) is 10.8. The monoisotopic (exact) mass is 472 g/mol. The lowest BCUT2D eigenvalue weighted by atomic mass is 10.2.